The fraction of sp³-hybridized carbons (Fsp3) is 0.250. The maximum absolute atomic E-state index is 13.7. The highest BCUT2D eigenvalue weighted by atomic mass is 79.9. The Morgan fingerprint density at radius 1 is 1.15 bits per heavy atom. The van der Waals surface area contributed by atoms with Crippen molar-refractivity contribution in [2.45, 2.75) is 26.8 Å². The summed E-state index contributed by atoms with van der Waals surface area (Å²) in [7, 11) is 0. The third-order valence-corrected chi connectivity index (χ3v) is 3.71. The number of hydrogen-bond donors (Lipinski definition) is 1. The van der Waals surface area contributed by atoms with Gasteiger partial charge >= 0.3 is 0 Å². The standard InChI is InChI=1S/C16H17BrFNO/c1-9-4-5-15(13(17)6-9)20-16-7-10(2)14(18)8-12(16)11(3)19/h4-8,11H,19H2,1-3H3/t11-/m1/s1. The molecule has 0 spiro atoms. The normalized spacial score (nSPS) is 12.3. The summed E-state index contributed by atoms with van der Waals surface area (Å²) in [5.74, 6) is 1.000. The molecule has 0 aliphatic rings. The zero-order chi connectivity index (χ0) is 14.9. The molecule has 0 fully saturated rings. The fourth-order valence-corrected chi connectivity index (χ4v) is 2.50. The maximum atomic E-state index is 13.7. The largest absolute Gasteiger partial charge is 0.456 e. The van der Waals surface area contributed by atoms with Crippen LogP contribution in [0.2, 0.25) is 0 Å². The average molecular weight is 338 g/mol. The molecule has 0 saturated carbocycles. The van der Waals surface area contributed by atoms with Crippen LogP contribution in [0.4, 0.5) is 4.39 Å². The predicted octanol–water partition coefficient (Wildman–Crippen LogP) is 5.02. The SMILES string of the molecule is Cc1ccc(Oc2cc(C)c(F)cc2[C@@H](C)N)c(Br)c1. The van der Waals surface area contributed by atoms with Crippen molar-refractivity contribution in [1.82, 2.24) is 0 Å². The minimum absolute atomic E-state index is 0.271. The molecular formula is C16H17BrFNO. The Kier molecular flexibility index (Phi) is 4.45. The van der Waals surface area contributed by atoms with Crippen molar-refractivity contribution >= 4 is 15.9 Å². The van der Waals surface area contributed by atoms with Crippen LogP contribution < -0.4 is 10.5 Å². The third kappa shape index (κ3) is 3.19. The van der Waals surface area contributed by atoms with E-state index in [2.05, 4.69) is 15.9 Å². The van der Waals surface area contributed by atoms with Gasteiger partial charge in [0.2, 0.25) is 0 Å². The smallest absolute Gasteiger partial charge is 0.141 e. The topological polar surface area (TPSA) is 35.2 Å². The summed E-state index contributed by atoms with van der Waals surface area (Å²) in [4.78, 5) is 0. The molecule has 1 atom stereocenters. The van der Waals surface area contributed by atoms with Crippen molar-refractivity contribution < 1.29 is 9.13 Å². The number of halogens is 2. The lowest BCUT2D eigenvalue weighted by molar-refractivity contribution is 0.465. The van der Waals surface area contributed by atoms with Gasteiger partial charge in [-0.05, 0) is 72.1 Å². The van der Waals surface area contributed by atoms with Crippen LogP contribution in [0.15, 0.2) is 34.8 Å². The number of hydrogen-bond acceptors (Lipinski definition) is 2. The summed E-state index contributed by atoms with van der Waals surface area (Å²) in [6.07, 6.45) is 0. The lowest BCUT2D eigenvalue weighted by atomic mass is 10.0. The van der Waals surface area contributed by atoms with Gasteiger partial charge in [-0.15, -0.1) is 0 Å². The molecule has 0 heterocycles. The zero-order valence-corrected chi connectivity index (χ0v) is 13.3. The molecule has 0 amide bonds. The van der Waals surface area contributed by atoms with E-state index in [0.29, 0.717) is 22.6 Å². The second kappa shape index (κ2) is 5.94. The van der Waals surface area contributed by atoms with E-state index in [4.69, 9.17) is 10.5 Å². The quantitative estimate of drug-likeness (QED) is 0.853. The first-order valence-corrected chi connectivity index (χ1v) is 7.17. The van der Waals surface area contributed by atoms with Crippen LogP contribution in [0.5, 0.6) is 11.5 Å². The predicted molar refractivity (Wildman–Crippen MR) is 82.7 cm³/mol. The first kappa shape index (κ1) is 15.0. The van der Waals surface area contributed by atoms with Crippen molar-refractivity contribution in [1.29, 1.82) is 0 Å². The number of aryl methyl sites for hydroxylation is 2. The molecule has 20 heavy (non-hydrogen) atoms. The molecule has 0 bridgehead atoms. The molecule has 0 aliphatic carbocycles. The molecule has 2 aromatic carbocycles. The van der Waals surface area contributed by atoms with Crippen molar-refractivity contribution in [3.05, 3.63) is 57.3 Å². The second-order valence-corrected chi connectivity index (χ2v) is 5.82. The van der Waals surface area contributed by atoms with Crippen LogP contribution in [-0.2, 0) is 0 Å². The molecule has 0 aliphatic heterocycles. The van der Waals surface area contributed by atoms with Gasteiger partial charge in [-0.25, -0.2) is 4.39 Å². The van der Waals surface area contributed by atoms with Gasteiger partial charge in [-0.1, -0.05) is 6.07 Å². The van der Waals surface area contributed by atoms with Crippen LogP contribution in [0, 0.1) is 19.7 Å². The first-order valence-electron chi connectivity index (χ1n) is 6.38. The van der Waals surface area contributed by atoms with E-state index in [1.54, 1.807) is 19.9 Å². The van der Waals surface area contributed by atoms with Gasteiger partial charge in [-0.2, -0.15) is 0 Å². The molecule has 2 N–H and O–H groups in total. The first-order chi connectivity index (χ1) is 9.38. The van der Waals surface area contributed by atoms with E-state index in [1.807, 2.05) is 25.1 Å². The van der Waals surface area contributed by atoms with Crippen molar-refractivity contribution in [2.75, 3.05) is 0 Å². The number of benzene rings is 2. The van der Waals surface area contributed by atoms with Gasteiger partial charge in [0.15, 0.2) is 0 Å². The molecule has 0 saturated heterocycles. The van der Waals surface area contributed by atoms with Crippen LogP contribution in [-0.4, -0.2) is 0 Å². The molecule has 2 rings (SSSR count). The number of nitrogens with two attached hydrogens (primary N) is 1. The zero-order valence-electron chi connectivity index (χ0n) is 11.7. The monoisotopic (exact) mass is 337 g/mol. The Balaban J connectivity index is 2.44. The summed E-state index contributed by atoms with van der Waals surface area (Å²) in [5, 5.41) is 0. The molecule has 0 aromatic heterocycles. The van der Waals surface area contributed by atoms with E-state index in [-0.39, 0.29) is 11.9 Å². The Labute approximate surface area is 126 Å². The Bertz CT molecular complexity index is 641. The molecule has 2 aromatic rings. The lowest BCUT2D eigenvalue weighted by Gasteiger charge is -2.16. The molecule has 106 valence electrons. The van der Waals surface area contributed by atoms with Crippen LogP contribution >= 0.6 is 15.9 Å². The summed E-state index contributed by atoms with van der Waals surface area (Å²) in [6, 6.07) is 8.63. The van der Waals surface area contributed by atoms with Crippen LogP contribution in [0.1, 0.15) is 29.7 Å². The molecule has 4 heteroatoms. The highest BCUT2D eigenvalue weighted by molar-refractivity contribution is 9.10. The van der Waals surface area contributed by atoms with Gasteiger partial charge in [-0.3, -0.25) is 0 Å². The molecular weight excluding hydrogens is 321 g/mol. The number of rotatable bonds is 3. The second-order valence-electron chi connectivity index (χ2n) is 4.96. The average Bonchev–Trinajstić information content (AvgIpc) is 2.36. The maximum Gasteiger partial charge on any atom is 0.141 e. The summed E-state index contributed by atoms with van der Waals surface area (Å²) >= 11 is 3.47. The summed E-state index contributed by atoms with van der Waals surface area (Å²) < 4.78 is 20.4. The Hall–Kier alpha value is -1.39. The number of ether oxygens (including phenoxy) is 1. The molecule has 0 radical (unpaired) electrons. The molecule has 2 nitrogen and oxygen atoms in total. The summed E-state index contributed by atoms with van der Waals surface area (Å²) in [5.41, 5.74) is 8.21. The van der Waals surface area contributed by atoms with Crippen molar-refractivity contribution in [2.24, 2.45) is 5.73 Å². The summed E-state index contributed by atoms with van der Waals surface area (Å²) in [6.45, 7) is 5.52. The molecule has 0 unspecified atom stereocenters. The lowest BCUT2D eigenvalue weighted by Crippen LogP contribution is -2.08. The van der Waals surface area contributed by atoms with Crippen molar-refractivity contribution in [3.63, 3.8) is 0 Å². The van der Waals surface area contributed by atoms with E-state index < -0.39 is 0 Å². The van der Waals surface area contributed by atoms with Crippen LogP contribution in [0.3, 0.4) is 0 Å². The minimum atomic E-state index is -0.302. The van der Waals surface area contributed by atoms with E-state index in [0.717, 1.165) is 10.0 Å². The third-order valence-electron chi connectivity index (χ3n) is 3.09. The fourth-order valence-electron chi connectivity index (χ4n) is 1.92. The highest BCUT2D eigenvalue weighted by Gasteiger charge is 2.14. The Morgan fingerprint density at radius 3 is 2.45 bits per heavy atom. The van der Waals surface area contributed by atoms with Gasteiger partial charge in [0.1, 0.15) is 17.3 Å². The van der Waals surface area contributed by atoms with E-state index in [9.17, 15) is 4.39 Å². The van der Waals surface area contributed by atoms with Gasteiger partial charge in [0, 0.05) is 11.6 Å². The minimum Gasteiger partial charge on any atom is -0.456 e. The Morgan fingerprint density at radius 2 is 1.85 bits per heavy atom. The van der Waals surface area contributed by atoms with E-state index in [1.165, 1.54) is 6.07 Å². The van der Waals surface area contributed by atoms with Gasteiger partial charge in [0.05, 0.1) is 4.47 Å². The van der Waals surface area contributed by atoms with Crippen molar-refractivity contribution in [3.8, 4) is 11.5 Å². The highest BCUT2D eigenvalue weighted by Crippen LogP contribution is 2.35. The van der Waals surface area contributed by atoms with Gasteiger partial charge in [0.25, 0.3) is 0 Å². The van der Waals surface area contributed by atoms with Crippen LogP contribution in [0.25, 0.3) is 0 Å². The van der Waals surface area contributed by atoms with E-state index >= 15 is 0 Å². The van der Waals surface area contributed by atoms with Gasteiger partial charge < -0.3 is 10.5 Å².